The number of carbonyl (C=O) groups is 1. The van der Waals surface area contributed by atoms with Gasteiger partial charge in [-0.05, 0) is 25.3 Å². The number of nitrogens with one attached hydrogen (secondary N) is 1. The van der Waals surface area contributed by atoms with E-state index in [4.69, 9.17) is 0 Å². The van der Waals surface area contributed by atoms with Crippen molar-refractivity contribution in [2.45, 2.75) is 39.0 Å². The number of aromatic nitrogens is 3. The monoisotopic (exact) mass is 330 g/mol. The van der Waals surface area contributed by atoms with Gasteiger partial charge in [0.05, 0.1) is 5.69 Å². The van der Waals surface area contributed by atoms with Crippen LogP contribution in [0.25, 0.3) is 11.0 Å². The summed E-state index contributed by atoms with van der Waals surface area (Å²) in [5.41, 5.74) is 0.582. The minimum atomic E-state index is -0.441. The van der Waals surface area contributed by atoms with Gasteiger partial charge >= 0.3 is 5.69 Å². The molecule has 1 saturated carbocycles. The van der Waals surface area contributed by atoms with E-state index in [-0.39, 0.29) is 22.9 Å². The van der Waals surface area contributed by atoms with Crippen molar-refractivity contribution >= 4 is 22.6 Å². The molecule has 24 heavy (non-hydrogen) atoms. The molecule has 0 bridgehead atoms. The molecule has 1 N–H and O–H groups in total. The molecule has 7 heteroatoms. The molecule has 1 aliphatic rings. The largest absolute Gasteiger partial charge is 0.332 e. The smallest absolute Gasteiger partial charge is 0.325 e. The fraction of sp³-hybridized carbons (Fsp3) is 0.529. The maximum Gasteiger partial charge on any atom is 0.332 e. The van der Waals surface area contributed by atoms with Gasteiger partial charge in [0, 0.05) is 26.2 Å². The first-order valence-corrected chi connectivity index (χ1v) is 8.28. The summed E-state index contributed by atoms with van der Waals surface area (Å²) in [6.45, 7) is 1.80. The van der Waals surface area contributed by atoms with Crippen molar-refractivity contribution < 1.29 is 4.79 Å². The fourth-order valence-corrected chi connectivity index (χ4v) is 3.37. The molecule has 1 amide bonds. The number of fused-ring (bicyclic) bond motifs is 1. The zero-order chi connectivity index (χ0) is 17.4. The van der Waals surface area contributed by atoms with Crippen molar-refractivity contribution in [3.05, 3.63) is 32.6 Å². The van der Waals surface area contributed by atoms with Gasteiger partial charge in [-0.2, -0.15) is 0 Å². The summed E-state index contributed by atoms with van der Waals surface area (Å²) in [4.78, 5) is 41.5. The first-order chi connectivity index (χ1) is 11.4. The summed E-state index contributed by atoms with van der Waals surface area (Å²) in [6.07, 6.45) is 6.63. The van der Waals surface area contributed by atoms with Crippen LogP contribution in [0.1, 0.15) is 37.7 Å². The second-order valence-electron chi connectivity index (χ2n) is 6.54. The van der Waals surface area contributed by atoms with Crippen molar-refractivity contribution in [3.8, 4) is 0 Å². The number of nitrogens with zero attached hydrogens (tertiary/aromatic N) is 3. The van der Waals surface area contributed by atoms with Gasteiger partial charge in [-0.15, -0.1) is 0 Å². The average Bonchev–Trinajstić information content (AvgIpc) is 2.60. The van der Waals surface area contributed by atoms with Gasteiger partial charge in [0.2, 0.25) is 5.91 Å². The van der Waals surface area contributed by atoms with Crippen molar-refractivity contribution in [1.82, 2.24) is 14.1 Å². The molecule has 2 aromatic rings. The van der Waals surface area contributed by atoms with Crippen LogP contribution in [-0.4, -0.2) is 20.0 Å². The Hall–Kier alpha value is -2.44. The molecule has 1 aliphatic carbocycles. The number of hydrogen-bond acceptors (Lipinski definition) is 4. The highest BCUT2D eigenvalue weighted by Crippen LogP contribution is 2.27. The van der Waals surface area contributed by atoms with Crippen LogP contribution in [0.2, 0.25) is 0 Å². The minimum Gasteiger partial charge on any atom is -0.325 e. The lowest BCUT2D eigenvalue weighted by Crippen LogP contribution is -2.38. The van der Waals surface area contributed by atoms with E-state index in [9.17, 15) is 14.4 Å². The van der Waals surface area contributed by atoms with Gasteiger partial charge in [0.25, 0.3) is 5.56 Å². The summed E-state index contributed by atoms with van der Waals surface area (Å²) in [5.74, 6) is -0.0704. The van der Waals surface area contributed by atoms with Crippen LogP contribution in [0.3, 0.4) is 0 Å². The van der Waals surface area contributed by atoms with E-state index in [1.54, 1.807) is 20.2 Å². The molecule has 2 aromatic heterocycles. The van der Waals surface area contributed by atoms with E-state index in [0.717, 1.165) is 30.3 Å². The van der Waals surface area contributed by atoms with Gasteiger partial charge < -0.3 is 5.32 Å². The van der Waals surface area contributed by atoms with Gasteiger partial charge in [-0.25, -0.2) is 9.78 Å². The van der Waals surface area contributed by atoms with E-state index in [0.29, 0.717) is 11.3 Å². The van der Waals surface area contributed by atoms with E-state index in [2.05, 4.69) is 10.3 Å². The van der Waals surface area contributed by atoms with Crippen LogP contribution in [0.4, 0.5) is 5.69 Å². The average molecular weight is 330 g/mol. The van der Waals surface area contributed by atoms with Crippen LogP contribution < -0.4 is 16.6 Å². The molecule has 3 rings (SSSR count). The Balaban J connectivity index is 2.13. The number of carbonyl (C=O) groups excluding carboxylic acids is 1. The number of pyridine rings is 1. The van der Waals surface area contributed by atoms with Crippen LogP contribution in [-0.2, 0) is 18.9 Å². The summed E-state index contributed by atoms with van der Waals surface area (Å²) in [6, 6.07) is 0. The normalized spacial score (nSPS) is 15.6. The SMILES string of the molecule is Cc1cnc2c(c1NC(=O)C1CCCCC1)c(=O)n(C)c(=O)n2C. The molecule has 2 heterocycles. The van der Waals surface area contributed by atoms with Gasteiger partial charge in [-0.1, -0.05) is 19.3 Å². The Labute approximate surface area is 139 Å². The van der Waals surface area contributed by atoms with Crippen LogP contribution in [0, 0.1) is 12.8 Å². The molecule has 0 atom stereocenters. The van der Waals surface area contributed by atoms with Gasteiger partial charge in [0.1, 0.15) is 5.39 Å². The third-order valence-electron chi connectivity index (χ3n) is 4.88. The number of amides is 1. The van der Waals surface area contributed by atoms with Gasteiger partial charge in [-0.3, -0.25) is 18.7 Å². The fourth-order valence-electron chi connectivity index (χ4n) is 3.37. The standard InChI is InChI=1S/C17H22N4O3/c1-10-9-18-14-12(16(23)21(3)17(24)20(14)2)13(10)19-15(22)11-7-5-4-6-8-11/h9,11H,4-8H2,1-3H3,(H,18,19,22). The molecule has 7 nitrogen and oxygen atoms in total. The summed E-state index contributed by atoms with van der Waals surface area (Å²) in [5, 5.41) is 3.21. The van der Waals surface area contributed by atoms with Crippen LogP contribution in [0.5, 0.6) is 0 Å². The summed E-state index contributed by atoms with van der Waals surface area (Å²) >= 11 is 0. The first-order valence-electron chi connectivity index (χ1n) is 8.28. The highest BCUT2D eigenvalue weighted by molar-refractivity contribution is 6.01. The predicted octanol–water partition coefficient (Wildman–Crippen LogP) is 1.46. The molecular weight excluding hydrogens is 308 g/mol. The summed E-state index contributed by atoms with van der Waals surface area (Å²) in [7, 11) is 3.00. The Bertz CT molecular complexity index is 920. The molecule has 0 aliphatic heterocycles. The predicted molar refractivity (Wildman–Crippen MR) is 92.2 cm³/mol. The molecular formula is C17H22N4O3. The highest BCUT2D eigenvalue weighted by atomic mass is 16.2. The second kappa shape index (κ2) is 6.22. The number of rotatable bonds is 2. The molecule has 0 aromatic carbocycles. The maximum atomic E-state index is 12.6. The zero-order valence-electron chi connectivity index (χ0n) is 14.3. The van der Waals surface area contributed by atoms with E-state index in [1.165, 1.54) is 18.0 Å². The Morgan fingerprint density at radius 2 is 1.83 bits per heavy atom. The number of aryl methyl sites for hydroxylation is 2. The third kappa shape index (κ3) is 2.64. The molecule has 0 radical (unpaired) electrons. The molecule has 128 valence electrons. The van der Waals surface area contributed by atoms with E-state index >= 15 is 0 Å². The van der Waals surface area contributed by atoms with Crippen molar-refractivity contribution in [2.75, 3.05) is 5.32 Å². The molecule has 0 saturated heterocycles. The Kier molecular flexibility index (Phi) is 4.26. The van der Waals surface area contributed by atoms with Crippen LogP contribution >= 0.6 is 0 Å². The minimum absolute atomic E-state index is 0.0160. The first kappa shape index (κ1) is 16.4. The topological polar surface area (TPSA) is 86.0 Å². The zero-order valence-corrected chi connectivity index (χ0v) is 14.3. The van der Waals surface area contributed by atoms with Crippen molar-refractivity contribution in [3.63, 3.8) is 0 Å². The lowest BCUT2D eigenvalue weighted by Gasteiger charge is -2.22. The quantitative estimate of drug-likeness (QED) is 0.903. The number of anilines is 1. The summed E-state index contributed by atoms with van der Waals surface area (Å²) < 4.78 is 2.37. The maximum absolute atomic E-state index is 12.6. The molecule has 1 fully saturated rings. The lowest BCUT2D eigenvalue weighted by molar-refractivity contribution is -0.120. The molecule has 0 unspecified atom stereocenters. The van der Waals surface area contributed by atoms with E-state index < -0.39 is 11.2 Å². The molecule has 0 spiro atoms. The van der Waals surface area contributed by atoms with Gasteiger partial charge in [0.15, 0.2) is 5.65 Å². The lowest BCUT2D eigenvalue weighted by atomic mass is 9.88. The highest BCUT2D eigenvalue weighted by Gasteiger charge is 2.23. The van der Waals surface area contributed by atoms with Crippen LogP contribution in [0.15, 0.2) is 15.8 Å². The van der Waals surface area contributed by atoms with Crippen molar-refractivity contribution in [2.24, 2.45) is 20.0 Å². The van der Waals surface area contributed by atoms with Crippen molar-refractivity contribution in [1.29, 1.82) is 0 Å². The second-order valence-corrected chi connectivity index (χ2v) is 6.54. The van der Waals surface area contributed by atoms with E-state index in [1.807, 2.05) is 0 Å². The number of hydrogen-bond donors (Lipinski definition) is 1. The Morgan fingerprint density at radius 3 is 2.50 bits per heavy atom. The third-order valence-corrected chi connectivity index (χ3v) is 4.88. The Morgan fingerprint density at radius 1 is 1.17 bits per heavy atom.